The van der Waals surface area contributed by atoms with Crippen LogP contribution >= 0.6 is 11.3 Å². The predicted octanol–water partition coefficient (Wildman–Crippen LogP) is 6.75. The highest BCUT2D eigenvalue weighted by atomic mass is 32.1. The van der Waals surface area contributed by atoms with E-state index in [9.17, 15) is 14.0 Å². The Morgan fingerprint density at radius 3 is 2.29 bits per heavy atom. The van der Waals surface area contributed by atoms with Crippen LogP contribution in [0.25, 0.3) is 0 Å². The molecule has 180 valence electrons. The van der Waals surface area contributed by atoms with Gasteiger partial charge in [-0.25, -0.2) is 4.39 Å². The molecule has 0 aliphatic carbocycles. The van der Waals surface area contributed by atoms with Crippen molar-refractivity contribution in [2.24, 2.45) is 5.41 Å². The van der Waals surface area contributed by atoms with Crippen LogP contribution < -0.4 is 0 Å². The second-order valence-corrected chi connectivity index (χ2v) is 10.3. The number of ketones is 1. The average Bonchev–Trinajstić information content (AvgIpc) is 3.17. The first kappa shape index (κ1) is 25.8. The zero-order chi connectivity index (χ0) is 25.0. The van der Waals surface area contributed by atoms with Gasteiger partial charge in [-0.1, -0.05) is 48.0 Å². The van der Waals surface area contributed by atoms with Gasteiger partial charge in [0.2, 0.25) is 0 Å². The van der Waals surface area contributed by atoms with Crippen LogP contribution in [0.15, 0.2) is 48.5 Å². The first-order valence-corrected chi connectivity index (χ1v) is 12.0. The number of esters is 1. The van der Waals surface area contributed by atoms with Crippen LogP contribution in [0.4, 0.5) is 4.39 Å². The van der Waals surface area contributed by atoms with Gasteiger partial charge in [0.05, 0.1) is 25.7 Å². The summed E-state index contributed by atoms with van der Waals surface area (Å²) < 4.78 is 25.6. The molecule has 0 aliphatic rings. The van der Waals surface area contributed by atoms with Gasteiger partial charge >= 0.3 is 5.97 Å². The number of ether oxygens (including phenoxy) is 2. The molecule has 0 aliphatic heterocycles. The van der Waals surface area contributed by atoms with Gasteiger partial charge in [-0.2, -0.15) is 0 Å². The number of hydrogen-bond donors (Lipinski definition) is 0. The summed E-state index contributed by atoms with van der Waals surface area (Å²) in [6.07, 6.45) is 0. The number of benzene rings is 2. The fourth-order valence-corrected chi connectivity index (χ4v) is 5.32. The third-order valence-electron chi connectivity index (χ3n) is 6.10. The minimum atomic E-state index is -0.991. The van der Waals surface area contributed by atoms with Crippen molar-refractivity contribution in [2.45, 2.75) is 53.8 Å². The Kier molecular flexibility index (Phi) is 8.05. The Morgan fingerprint density at radius 2 is 1.71 bits per heavy atom. The highest BCUT2D eigenvalue weighted by Gasteiger charge is 2.41. The summed E-state index contributed by atoms with van der Waals surface area (Å²) >= 11 is 1.09. The molecule has 34 heavy (non-hydrogen) atoms. The van der Waals surface area contributed by atoms with E-state index < -0.39 is 23.1 Å². The van der Waals surface area contributed by atoms with Gasteiger partial charge in [-0.05, 0) is 56.0 Å². The maximum atomic E-state index is 14.6. The summed E-state index contributed by atoms with van der Waals surface area (Å²) in [6, 6.07) is 15.5. The third-order valence-corrected chi connectivity index (χ3v) is 7.37. The molecule has 6 heteroatoms. The number of Topliss-reactive ketones (excluding diaryl/α,β-unsaturated/α-hetero) is 1. The van der Waals surface area contributed by atoms with E-state index in [1.807, 2.05) is 44.2 Å². The fraction of sp³-hybridized carbons (Fsp3) is 0.357. The van der Waals surface area contributed by atoms with Gasteiger partial charge < -0.3 is 9.47 Å². The highest BCUT2D eigenvalue weighted by molar-refractivity contribution is 7.14. The minimum absolute atomic E-state index is 0.0643. The molecule has 3 aromatic rings. The number of halogens is 1. The third kappa shape index (κ3) is 5.62. The summed E-state index contributed by atoms with van der Waals surface area (Å²) in [5.41, 5.74) is 4.18. The molecule has 1 atom stereocenters. The smallest absolute Gasteiger partial charge is 0.312 e. The van der Waals surface area contributed by atoms with E-state index in [1.165, 1.54) is 25.7 Å². The van der Waals surface area contributed by atoms with E-state index in [1.54, 1.807) is 13.8 Å². The highest BCUT2D eigenvalue weighted by Crippen LogP contribution is 2.45. The molecule has 0 fully saturated rings. The SMILES string of the molecule is COC(=O)C(C)(C)C(c1ccc(C)c(COCc2ccc(C)cc2)c1)c1cc(F)c(C(C)=O)s1. The number of methoxy groups -OCH3 is 1. The Balaban J connectivity index is 1.96. The maximum absolute atomic E-state index is 14.6. The van der Waals surface area contributed by atoms with E-state index >= 15 is 0 Å². The van der Waals surface area contributed by atoms with Crippen molar-refractivity contribution in [1.82, 2.24) is 0 Å². The van der Waals surface area contributed by atoms with Gasteiger partial charge in [0.25, 0.3) is 0 Å². The van der Waals surface area contributed by atoms with Crippen molar-refractivity contribution in [3.05, 3.63) is 91.9 Å². The van der Waals surface area contributed by atoms with Crippen LogP contribution in [0.5, 0.6) is 0 Å². The second kappa shape index (κ2) is 10.6. The number of rotatable bonds is 9. The van der Waals surface area contributed by atoms with Gasteiger partial charge in [0.15, 0.2) is 5.78 Å². The van der Waals surface area contributed by atoms with Crippen LogP contribution in [0.2, 0.25) is 0 Å². The summed E-state index contributed by atoms with van der Waals surface area (Å²) in [4.78, 5) is 25.3. The largest absolute Gasteiger partial charge is 0.469 e. The Morgan fingerprint density at radius 1 is 1.03 bits per heavy atom. The van der Waals surface area contributed by atoms with Crippen molar-refractivity contribution in [2.75, 3.05) is 7.11 Å². The standard InChI is InChI=1S/C28H31FO4S/c1-17-7-10-20(11-8-17)15-33-16-22-13-21(12-9-18(22)2)25(28(4,5)27(31)32-6)24-14-23(29)26(34-24)19(3)30/h7-14,25H,15-16H2,1-6H3. The molecule has 0 amide bonds. The molecule has 0 radical (unpaired) electrons. The number of carbonyl (C=O) groups excluding carboxylic acids is 2. The van der Waals surface area contributed by atoms with Crippen molar-refractivity contribution in [3.63, 3.8) is 0 Å². The molecular weight excluding hydrogens is 451 g/mol. The lowest BCUT2D eigenvalue weighted by atomic mass is 9.73. The zero-order valence-electron chi connectivity index (χ0n) is 20.5. The van der Waals surface area contributed by atoms with E-state index in [0.29, 0.717) is 18.1 Å². The summed E-state index contributed by atoms with van der Waals surface area (Å²) in [5.74, 6) is -1.80. The molecule has 0 spiro atoms. The minimum Gasteiger partial charge on any atom is -0.469 e. The molecule has 2 aromatic carbocycles. The van der Waals surface area contributed by atoms with E-state index in [-0.39, 0.29) is 10.7 Å². The first-order valence-electron chi connectivity index (χ1n) is 11.2. The molecule has 0 N–H and O–H groups in total. The number of carbonyl (C=O) groups is 2. The maximum Gasteiger partial charge on any atom is 0.312 e. The van der Waals surface area contributed by atoms with Crippen LogP contribution in [0.1, 0.15) is 69.1 Å². The van der Waals surface area contributed by atoms with Crippen molar-refractivity contribution in [3.8, 4) is 0 Å². The Hall–Kier alpha value is -2.83. The molecule has 0 saturated carbocycles. The van der Waals surface area contributed by atoms with Gasteiger partial charge in [-0.3, -0.25) is 9.59 Å². The second-order valence-electron chi connectivity index (χ2n) is 9.19. The number of thiophene rings is 1. The van der Waals surface area contributed by atoms with Crippen LogP contribution in [-0.4, -0.2) is 18.9 Å². The Labute approximate surface area is 204 Å². The number of aryl methyl sites for hydroxylation is 2. The van der Waals surface area contributed by atoms with Crippen LogP contribution in [-0.2, 0) is 27.5 Å². The van der Waals surface area contributed by atoms with Crippen molar-refractivity contribution < 1.29 is 23.5 Å². The molecular formula is C28H31FO4S. The van der Waals surface area contributed by atoms with E-state index in [4.69, 9.17) is 9.47 Å². The molecule has 1 heterocycles. The lowest BCUT2D eigenvalue weighted by Crippen LogP contribution is -2.33. The van der Waals surface area contributed by atoms with Crippen LogP contribution in [0.3, 0.4) is 0 Å². The predicted molar refractivity (Wildman–Crippen MR) is 133 cm³/mol. The normalized spacial score (nSPS) is 12.4. The summed E-state index contributed by atoms with van der Waals surface area (Å²) in [5, 5.41) is 0. The summed E-state index contributed by atoms with van der Waals surface area (Å²) in [7, 11) is 1.34. The fourth-order valence-electron chi connectivity index (χ4n) is 4.08. The quantitative estimate of drug-likeness (QED) is 0.250. The monoisotopic (exact) mass is 482 g/mol. The molecule has 3 rings (SSSR count). The first-order chi connectivity index (χ1) is 16.0. The Bertz CT molecular complexity index is 1180. The lowest BCUT2D eigenvalue weighted by Gasteiger charge is -2.32. The van der Waals surface area contributed by atoms with Crippen molar-refractivity contribution >= 4 is 23.1 Å². The van der Waals surface area contributed by atoms with Crippen molar-refractivity contribution in [1.29, 1.82) is 0 Å². The van der Waals surface area contributed by atoms with Crippen LogP contribution in [0, 0.1) is 25.1 Å². The summed E-state index contributed by atoms with van der Waals surface area (Å²) in [6.45, 7) is 9.84. The number of hydrogen-bond acceptors (Lipinski definition) is 5. The molecule has 0 bridgehead atoms. The van der Waals surface area contributed by atoms with Gasteiger partial charge in [-0.15, -0.1) is 11.3 Å². The molecule has 0 saturated heterocycles. The topological polar surface area (TPSA) is 52.6 Å². The molecule has 1 unspecified atom stereocenters. The lowest BCUT2D eigenvalue weighted by molar-refractivity contribution is -0.151. The zero-order valence-corrected chi connectivity index (χ0v) is 21.3. The molecule has 1 aromatic heterocycles. The average molecular weight is 483 g/mol. The van der Waals surface area contributed by atoms with Gasteiger partial charge in [0.1, 0.15) is 10.7 Å². The van der Waals surface area contributed by atoms with E-state index in [2.05, 4.69) is 12.1 Å². The van der Waals surface area contributed by atoms with Gasteiger partial charge in [0, 0.05) is 17.7 Å². The molecule has 4 nitrogen and oxygen atoms in total. The van der Waals surface area contributed by atoms with E-state index in [0.717, 1.165) is 33.6 Å².